The molecule has 2 aromatic carbocycles. The molecule has 6 nitrogen and oxygen atoms in total. The van der Waals surface area contributed by atoms with Crippen molar-refractivity contribution in [3.8, 4) is 11.3 Å². The number of esters is 1. The van der Waals surface area contributed by atoms with E-state index in [-0.39, 0.29) is 5.97 Å². The van der Waals surface area contributed by atoms with Gasteiger partial charge in [0.1, 0.15) is 5.69 Å². The van der Waals surface area contributed by atoms with Gasteiger partial charge in [0.15, 0.2) is 5.11 Å². The number of anilines is 1. The Morgan fingerprint density at radius 2 is 2.04 bits per heavy atom. The van der Waals surface area contributed by atoms with Gasteiger partial charge >= 0.3 is 5.97 Å². The third-order valence-electron chi connectivity index (χ3n) is 3.69. The monoisotopic (exact) mass is 398 g/mol. The highest BCUT2D eigenvalue weighted by atomic mass is 32.1. The van der Waals surface area contributed by atoms with E-state index in [2.05, 4.69) is 20.2 Å². The summed E-state index contributed by atoms with van der Waals surface area (Å²) >= 11 is 6.66. The Labute approximate surface area is 166 Å². The highest BCUT2D eigenvalue weighted by Crippen LogP contribution is 2.18. The van der Waals surface area contributed by atoms with Gasteiger partial charge in [-0.3, -0.25) is 0 Å². The van der Waals surface area contributed by atoms with E-state index < -0.39 is 0 Å². The van der Waals surface area contributed by atoms with Crippen molar-refractivity contribution in [3.63, 3.8) is 0 Å². The van der Waals surface area contributed by atoms with Gasteiger partial charge in [-0.1, -0.05) is 34.8 Å². The maximum absolute atomic E-state index is 11.8. The van der Waals surface area contributed by atoms with Crippen LogP contribution in [-0.2, 0) is 11.3 Å². The quantitative estimate of drug-likeness (QED) is 0.482. The predicted molar refractivity (Wildman–Crippen MR) is 111 cm³/mol. The van der Waals surface area contributed by atoms with Crippen molar-refractivity contribution in [1.29, 1.82) is 0 Å². The first-order valence-electron chi connectivity index (χ1n) is 8.34. The van der Waals surface area contributed by atoms with Crippen LogP contribution in [0.5, 0.6) is 0 Å². The Morgan fingerprint density at radius 1 is 1.22 bits per heavy atom. The molecule has 138 valence electrons. The first kappa shape index (κ1) is 18.9. The average Bonchev–Trinajstić information content (AvgIpc) is 3.22. The molecule has 0 atom stereocenters. The number of carbonyl (C=O) groups is 1. The summed E-state index contributed by atoms with van der Waals surface area (Å²) in [6.07, 6.45) is 0. The minimum absolute atomic E-state index is 0.341. The molecule has 0 unspecified atom stereocenters. The SMILES string of the molecule is CCOC(=O)c1cccc(NC(=S)NCc2ccc(-c3csnn3)cc2)c1. The topological polar surface area (TPSA) is 76.1 Å². The van der Waals surface area contributed by atoms with Crippen molar-refractivity contribution < 1.29 is 9.53 Å². The lowest BCUT2D eigenvalue weighted by Crippen LogP contribution is -2.27. The third-order valence-corrected chi connectivity index (χ3v) is 4.45. The van der Waals surface area contributed by atoms with E-state index >= 15 is 0 Å². The van der Waals surface area contributed by atoms with Crippen molar-refractivity contribution in [3.05, 3.63) is 65.0 Å². The number of hydrogen-bond donors (Lipinski definition) is 2. The molecule has 0 radical (unpaired) electrons. The zero-order valence-corrected chi connectivity index (χ0v) is 16.3. The summed E-state index contributed by atoms with van der Waals surface area (Å²) in [4.78, 5) is 11.8. The van der Waals surface area contributed by atoms with E-state index in [4.69, 9.17) is 17.0 Å². The van der Waals surface area contributed by atoms with Crippen LogP contribution in [0.15, 0.2) is 53.9 Å². The van der Waals surface area contributed by atoms with Gasteiger partial charge in [0, 0.05) is 23.2 Å². The minimum atomic E-state index is -0.351. The second-order valence-corrected chi connectivity index (χ2v) is 6.61. The van der Waals surface area contributed by atoms with Gasteiger partial charge in [0.2, 0.25) is 0 Å². The summed E-state index contributed by atoms with van der Waals surface area (Å²) in [7, 11) is 0. The predicted octanol–water partition coefficient (Wildman–Crippen LogP) is 3.87. The average molecular weight is 399 g/mol. The molecule has 0 amide bonds. The smallest absolute Gasteiger partial charge is 0.338 e. The molecule has 0 saturated carbocycles. The first-order chi connectivity index (χ1) is 13.2. The number of nitrogens with zero attached hydrogens (tertiary/aromatic N) is 2. The van der Waals surface area contributed by atoms with E-state index in [9.17, 15) is 4.79 Å². The zero-order valence-electron chi connectivity index (χ0n) is 14.6. The van der Waals surface area contributed by atoms with Gasteiger partial charge in [0.25, 0.3) is 0 Å². The number of nitrogens with one attached hydrogen (secondary N) is 2. The van der Waals surface area contributed by atoms with Crippen LogP contribution < -0.4 is 10.6 Å². The van der Waals surface area contributed by atoms with Crippen molar-refractivity contribution >= 4 is 40.5 Å². The van der Waals surface area contributed by atoms with Gasteiger partial charge in [-0.2, -0.15) is 0 Å². The molecule has 0 spiro atoms. The van der Waals surface area contributed by atoms with Crippen LogP contribution in [0.1, 0.15) is 22.8 Å². The number of hydrogen-bond acceptors (Lipinski definition) is 6. The van der Waals surface area contributed by atoms with Gasteiger partial charge < -0.3 is 15.4 Å². The van der Waals surface area contributed by atoms with E-state index in [0.717, 1.165) is 22.5 Å². The lowest BCUT2D eigenvalue weighted by Gasteiger charge is -2.11. The molecule has 0 saturated heterocycles. The summed E-state index contributed by atoms with van der Waals surface area (Å²) in [6, 6.07) is 15.1. The number of carbonyl (C=O) groups excluding carboxylic acids is 1. The Hall–Kier alpha value is -2.84. The first-order valence-corrected chi connectivity index (χ1v) is 9.58. The molecule has 3 rings (SSSR count). The van der Waals surface area contributed by atoms with Crippen LogP contribution in [-0.4, -0.2) is 27.3 Å². The van der Waals surface area contributed by atoms with Crippen LogP contribution in [0.2, 0.25) is 0 Å². The maximum atomic E-state index is 11.8. The molecule has 0 bridgehead atoms. The number of benzene rings is 2. The van der Waals surface area contributed by atoms with Crippen LogP contribution in [0, 0.1) is 0 Å². The fourth-order valence-corrected chi connectivity index (χ4v) is 3.04. The minimum Gasteiger partial charge on any atom is -0.462 e. The summed E-state index contributed by atoms with van der Waals surface area (Å²) in [6.45, 7) is 2.70. The highest BCUT2D eigenvalue weighted by Gasteiger charge is 2.07. The summed E-state index contributed by atoms with van der Waals surface area (Å²) < 4.78 is 8.88. The highest BCUT2D eigenvalue weighted by molar-refractivity contribution is 7.80. The lowest BCUT2D eigenvalue weighted by molar-refractivity contribution is 0.0526. The largest absolute Gasteiger partial charge is 0.462 e. The van der Waals surface area contributed by atoms with Crippen LogP contribution in [0.3, 0.4) is 0 Å². The van der Waals surface area contributed by atoms with Crippen LogP contribution >= 0.6 is 23.8 Å². The van der Waals surface area contributed by atoms with Crippen molar-refractivity contribution in [2.24, 2.45) is 0 Å². The van der Waals surface area contributed by atoms with Crippen molar-refractivity contribution in [2.45, 2.75) is 13.5 Å². The fraction of sp³-hybridized carbons (Fsp3) is 0.158. The van der Waals surface area contributed by atoms with Gasteiger partial charge in [0.05, 0.1) is 12.2 Å². The molecule has 27 heavy (non-hydrogen) atoms. The second kappa shape index (κ2) is 9.20. The molecule has 3 aromatic rings. The van der Waals surface area contributed by atoms with E-state index in [1.807, 2.05) is 35.7 Å². The molecule has 2 N–H and O–H groups in total. The van der Waals surface area contributed by atoms with E-state index in [0.29, 0.717) is 23.8 Å². The van der Waals surface area contributed by atoms with E-state index in [1.165, 1.54) is 11.5 Å². The summed E-state index contributed by atoms with van der Waals surface area (Å²) in [5, 5.41) is 12.7. The van der Waals surface area contributed by atoms with Gasteiger partial charge in [-0.05, 0) is 54.4 Å². The Bertz CT molecular complexity index is 912. The molecular weight excluding hydrogens is 380 g/mol. The third kappa shape index (κ3) is 5.32. The van der Waals surface area contributed by atoms with Crippen molar-refractivity contribution in [2.75, 3.05) is 11.9 Å². The van der Waals surface area contributed by atoms with E-state index in [1.54, 1.807) is 25.1 Å². The molecule has 0 aliphatic rings. The molecule has 1 heterocycles. The molecule has 0 aliphatic heterocycles. The summed E-state index contributed by atoms with van der Waals surface area (Å²) in [5.74, 6) is -0.351. The van der Waals surface area contributed by atoms with Crippen LogP contribution in [0.25, 0.3) is 11.3 Å². The normalized spacial score (nSPS) is 10.3. The van der Waals surface area contributed by atoms with Gasteiger partial charge in [-0.15, -0.1) is 5.10 Å². The Kier molecular flexibility index (Phi) is 6.45. The van der Waals surface area contributed by atoms with Gasteiger partial charge in [-0.25, -0.2) is 4.79 Å². The molecule has 0 aliphatic carbocycles. The zero-order chi connectivity index (χ0) is 19.1. The standard InChI is InChI=1S/C19H18N4O2S2/c1-2-25-18(24)15-4-3-5-16(10-15)21-19(26)20-11-13-6-8-14(9-7-13)17-12-27-23-22-17/h3-10,12H,2,11H2,1H3,(H2,20,21,26). The fourth-order valence-electron chi connectivity index (χ4n) is 2.38. The number of aromatic nitrogens is 2. The Morgan fingerprint density at radius 3 is 2.74 bits per heavy atom. The number of thiocarbonyl (C=S) groups is 1. The molecular formula is C19H18N4O2S2. The van der Waals surface area contributed by atoms with Crippen LogP contribution in [0.4, 0.5) is 5.69 Å². The summed E-state index contributed by atoms with van der Waals surface area (Å²) in [5.41, 5.74) is 4.20. The molecule has 8 heteroatoms. The number of rotatable bonds is 6. The lowest BCUT2D eigenvalue weighted by atomic mass is 10.1. The maximum Gasteiger partial charge on any atom is 0.338 e. The Balaban J connectivity index is 1.54. The molecule has 0 fully saturated rings. The number of ether oxygens (including phenoxy) is 1. The second-order valence-electron chi connectivity index (χ2n) is 5.60. The van der Waals surface area contributed by atoms with Crippen molar-refractivity contribution in [1.82, 2.24) is 14.9 Å². The molecule has 1 aromatic heterocycles.